The van der Waals surface area contributed by atoms with E-state index >= 15 is 0 Å². The lowest BCUT2D eigenvalue weighted by molar-refractivity contribution is 0.283. The van der Waals surface area contributed by atoms with Crippen LogP contribution in [-0.2, 0) is 10.0 Å². The topological polar surface area (TPSA) is 66.4 Å². The molecule has 0 spiro atoms. The van der Waals surface area contributed by atoms with Crippen molar-refractivity contribution in [3.05, 3.63) is 0 Å². The van der Waals surface area contributed by atoms with Crippen molar-refractivity contribution in [2.24, 2.45) is 0 Å². The third-order valence-electron chi connectivity index (χ3n) is 1.93. The summed E-state index contributed by atoms with van der Waals surface area (Å²) in [6, 6.07) is 0. The quantitative estimate of drug-likeness (QED) is 0.567. The SMILES string of the molecule is CNS(=O)(=O)C1(CO)CC1. The normalized spacial score (nSPS) is 22.6. The minimum absolute atomic E-state index is 0.268. The molecule has 0 aromatic rings. The molecule has 1 rings (SSSR count). The van der Waals surface area contributed by atoms with Gasteiger partial charge in [0.25, 0.3) is 0 Å². The van der Waals surface area contributed by atoms with Crippen molar-refractivity contribution in [2.45, 2.75) is 17.6 Å². The molecular formula is C5H11NO3S. The highest BCUT2D eigenvalue weighted by Crippen LogP contribution is 2.41. The largest absolute Gasteiger partial charge is 0.395 e. The van der Waals surface area contributed by atoms with Gasteiger partial charge in [-0.3, -0.25) is 0 Å². The van der Waals surface area contributed by atoms with Crippen LogP contribution in [0.1, 0.15) is 12.8 Å². The van der Waals surface area contributed by atoms with Gasteiger partial charge in [0.05, 0.1) is 6.61 Å². The number of hydrogen-bond acceptors (Lipinski definition) is 3. The Hall–Kier alpha value is -0.130. The molecule has 1 saturated carbocycles. The summed E-state index contributed by atoms with van der Waals surface area (Å²) in [7, 11) is -1.87. The molecule has 1 fully saturated rings. The summed E-state index contributed by atoms with van der Waals surface area (Å²) in [5.74, 6) is 0. The molecule has 0 unspecified atom stereocenters. The second-order valence-corrected chi connectivity index (χ2v) is 4.83. The fourth-order valence-electron chi connectivity index (χ4n) is 0.868. The highest BCUT2D eigenvalue weighted by molar-refractivity contribution is 7.91. The van der Waals surface area contributed by atoms with Gasteiger partial charge in [0.1, 0.15) is 4.75 Å². The van der Waals surface area contributed by atoms with Gasteiger partial charge in [-0.15, -0.1) is 0 Å². The highest BCUT2D eigenvalue weighted by atomic mass is 32.2. The van der Waals surface area contributed by atoms with Crippen LogP contribution in [0.25, 0.3) is 0 Å². The van der Waals surface area contributed by atoms with Gasteiger partial charge in [-0.25, -0.2) is 13.1 Å². The van der Waals surface area contributed by atoms with E-state index in [2.05, 4.69) is 4.72 Å². The van der Waals surface area contributed by atoms with E-state index < -0.39 is 14.8 Å². The van der Waals surface area contributed by atoms with Gasteiger partial charge in [0, 0.05) is 0 Å². The van der Waals surface area contributed by atoms with E-state index in [4.69, 9.17) is 5.11 Å². The Labute approximate surface area is 60.3 Å². The van der Waals surface area contributed by atoms with E-state index in [1.54, 1.807) is 0 Å². The summed E-state index contributed by atoms with van der Waals surface area (Å²) in [5, 5.41) is 8.70. The van der Waals surface area contributed by atoms with Gasteiger partial charge in [-0.1, -0.05) is 0 Å². The molecule has 0 bridgehead atoms. The number of rotatable bonds is 3. The molecule has 0 radical (unpaired) electrons. The summed E-state index contributed by atoms with van der Waals surface area (Å²) in [6.45, 7) is -0.268. The second kappa shape index (κ2) is 2.18. The van der Waals surface area contributed by atoms with Crippen molar-refractivity contribution in [1.29, 1.82) is 0 Å². The number of aliphatic hydroxyl groups excluding tert-OH is 1. The van der Waals surface area contributed by atoms with E-state index in [-0.39, 0.29) is 6.61 Å². The number of aliphatic hydroxyl groups is 1. The van der Waals surface area contributed by atoms with Crippen LogP contribution in [0.2, 0.25) is 0 Å². The molecule has 5 heteroatoms. The summed E-state index contributed by atoms with van der Waals surface area (Å²) in [4.78, 5) is 0. The van der Waals surface area contributed by atoms with Crippen LogP contribution in [0.15, 0.2) is 0 Å². The van der Waals surface area contributed by atoms with Crippen LogP contribution < -0.4 is 4.72 Å². The molecule has 10 heavy (non-hydrogen) atoms. The molecule has 0 saturated heterocycles. The Morgan fingerprint density at radius 2 is 2.10 bits per heavy atom. The molecule has 0 aromatic carbocycles. The van der Waals surface area contributed by atoms with E-state index in [0.29, 0.717) is 12.8 Å². The molecule has 0 amide bonds. The molecule has 4 nitrogen and oxygen atoms in total. The van der Waals surface area contributed by atoms with Gasteiger partial charge in [-0.2, -0.15) is 0 Å². The standard InChI is InChI=1S/C5H11NO3S/c1-6-10(8,9)5(4-7)2-3-5/h6-7H,2-4H2,1H3. The first-order valence-electron chi connectivity index (χ1n) is 3.12. The van der Waals surface area contributed by atoms with E-state index in [1.807, 2.05) is 0 Å². The Bertz CT molecular complexity index is 217. The molecular weight excluding hydrogens is 154 g/mol. The zero-order valence-corrected chi connectivity index (χ0v) is 6.61. The van der Waals surface area contributed by atoms with Crippen molar-refractivity contribution in [3.63, 3.8) is 0 Å². The maximum absolute atomic E-state index is 11.0. The maximum Gasteiger partial charge on any atom is 0.219 e. The number of sulfonamides is 1. The Morgan fingerprint density at radius 1 is 1.60 bits per heavy atom. The summed E-state index contributed by atoms with van der Waals surface area (Å²) in [5.41, 5.74) is 0. The predicted molar refractivity (Wildman–Crippen MR) is 37.0 cm³/mol. The van der Waals surface area contributed by atoms with Crippen molar-refractivity contribution in [2.75, 3.05) is 13.7 Å². The predicted octanol–water partition coefficient (Wildman–Crippen LogP) is -0.940. The van der Waals surface area contributed by atoms with Crippen LogP contribution in [0.4, 0.5) is 0 Å². The molecule has 0 aliphatic heterocycles. The zero-order valence-electron chi connectivity index (χ0n) is 5.79. The summed E-state index contributed by atoms with van der Waals surface area (Å²) >= 11 is 0. The number of nitrogens with one attached hydrogen (secondary N) is 1. The first kappa shape index (κ1) is 7.97. The van der Waals surface area contributed by atoms with Gasteiger partial charge < -0.3 is 5.11 Å². The van der Waals surface area contributed by atoms with Crippen LogP contribution in [0.5, 0.6) is 0 Å². The molecule has 0 heterocycles. The Morgan fingerprint density at radius 3 is 2.20 bits per heavy atom. The fourth-order valence-corrected chi connectivity index (χ4v) is 2.11. The van der Waals surface area contributed by atoms with Gasteiger partial charge in [-0.05, 0) is 19.9 Å². The minimum Gasteiger partial charge on any atom is -0.395 e. The van der Waals surface area contributed by atoms with Crippen molar-refractivity contribution >= 4 is 10.0 Å². The second-order valence-electron chi connectivity index (χ2n) is 2.55. The van der Waals surface area contributed by atoms with E-state index in [1.165, 1.54) is 7.05 Å². The lowest BCUT2D eigenvalue weighted by atomic mass is 10.5. The fraction of sp³-hybridized carbons (Fsp3) is 1.00. The van der Waals surface area contributed by atoms with Crippen molar-refractivity contribution < 1.29 is 13.5 Å². The average Bonchev–Trinajstić information content (AvgIpc) is 2.67. The lowest BCUT2D eigenvalue weighted by Crippen LogP contribution is -2.36. The van der Waals surface area contributed by atoms with E-state index in [0.717, 1.165) is 0 Å². The molecule has 1 aliphatic rings. The third kappa shape index (κ3) is 0.941. The van der Waals surface area contributed by atoms with Gasteiger partial charge in [0.15, 0.2) is 0 Å². The summed E-state index contributed by atoms with van der Waals surface area (Å²) < 4.78 is 23.4. The van der Waals surface area contributed by atoms with E-state index in [9.17, 15) is 8.42 Å². The molecule has 60 valence electrons. The minimum atomic E-state index is -3.24. The Balaban J connectivity index is 2.83. The lowest BCUT2D eigenvalue weighted by Gasteiger charge is -2.10. The smallest absolute Gasteiger partial charge is 0.219 e. The van der Waals surface area contributed by atoms with Crippen molar-refractivity contribution in [3.8, 4) is 0 Å². The number of hydrogen-bond donors (Lipinski definition) is 2. The average molecular weight is 165 g/mol. The monoisotopic (exact) mass is 165 g/mol. The highest BCUT2D eigenvalue weighted by Gasteiger charge is 2.53. The van der Waals surface area contributed by atoms with Crippen LogP contribution in [-0.4, -0.2) is 31.9 Å². The zero-order chi connectivity index (χ0) is 7.83. The summed E-state index contributed by atoms with van der Waals surface area (Å²) in [6.07, 6.45) is 1.15. The Kier molecular flexibility index (Phi) is 1.74. The first-order chi connectivity index (χ1) is 4.58. The van der Waals surface area contributed by atoms with Gasteiger partial charge >= 0.3 is 0 Å². The van der Waals surface area contributed by atoms with Crippen LogP contribution in [0.3, 0.4) is 0 Å². The van der Waals surface area contributed by atoms with Crippen LogP contribution in [0, 0.1) is 0 Å². The molecule has 0 aromatic heterocycles. The van der Waals surface area contributed by atoms with Crippen molar-refractivity contribution in [1.82, 2.24) is 4.72 Å². The molecule has 0 atom stereocenters. The first-order valence-corrected chi connectivity index (χ1v) is 4.60. The van der Waals surface area contributed by atoms with Crippen LogP contribution >= 0.6 is 0 Å². The molecule has 1 aliphatic carbocycles. The maximum atomic E-state index is 11.0. The third-order valence-corrected chi connectivity index (χ3v) is 4.15. The van der Waals surface area contributed by atoms with Gasteiger partial charge in [0.2, 0.25) is 10.0 Å². The molecule has 2 N–H and O–H groups in total.